The van der Waals surface area contributed by atoms with Crippen molar-refractivity contribution in [3.63, 3.8) is 0 Å². The van der Waals surface area contributed by atoms with Crippen LogP contribution in [0.1, 0.15) is 34.5 Å². The Morgan fingerprint density at radius 1 is 1.22 bits per heavy atom. The summed E-state index contributed by atoms with van der Waals surface area (Å²) < 4.78 is 1.11. The van der Waals surface area contributed by atoms with Crippen LogP contribution in [-0.2, 0) is 4.79 Å². The highest BCUT2D eigenvalue weighted by atomic mass is 32.1. The van der Waals surface area contributed by atoms with Crippen molar-refractivity contribution >= 4 is 33.2 Å². The van der Waals surface area contributed by atoms with Gasteiger partial charge < -0.3 is 5.11 Å². The lowest BCUT2D eigenvalue weighted by molar-refractivity contribution is -0.137. The average molecular weight is 262 g/mol. The third kappa shape index (κ3) is 2.59. The molecular weight excluding hydrogens is 248 g/mol. The second kappa shape index (κ2) is 5.31. The summed E-state index contributed by atoms with van der Waals surface area (Å²) in [5.74, 6) is -0.805. The lowest BCUT2D eigenvalue weighted by Crippen LogP contribution is -2.02. The molecule has 1 N–H and O–H groups in total. The van der Waals surface area contributed by atoms with E-state index in [4.69, 9.17) is 5.11 Å². The molecule has 94 valence electrons. The number of ketones is 1. The number of carbonyl (C=O) groups is 2. The first-order chi connectivity index (χ1) is 8.59. The summed E-state index contributed by atoms with van der Waals surface area (Å²) in [6.07, 6.45) is 0.749. The van der Waals surface area contributed by atoms with Crippen LogP contribution in [0.25, 0.3) is 10.1 Å². The molecule has 0 aliphatic carbocycles. The molecule has 1 aromatic carbocycles. The van der Waals surface area contributed by atoms with Gasteiger partial charge in [0.1, 0.15) is 0 Å². The van der Waals surface area contributed by atoms with E-state index in [1.165, 1.54) is 0 Å². The molecule has 3 nitrogen and oxygen atoms in total. The molecule has 0 amide bonds. The zero-order chi connectivity index (χ0) is 13.1. The van der Waals surface area contributed by atoms with Crippen LogP contribution >= 0.6 is 11.3 Å². The van der Waals surface area contributed by atoms with Crippen molar-refractivity contribution in [2.45, 2.75) is 26.2 Å². The molecule has 0 atom stereocenters. The van der Waals surface area contributed by atoms with E-state index in [9.17, 15) is 9.59 Å². The van der Waals surface area contributed by atoms with Gasteiger partial charge in [-0.05, 0) is 19.4 Å². The van der Waals surface area contributed by atoms with E-state index in [1.807, 2.05) is 31.2 Å². The molecule has 0 radical (unpaired) electrons. The number of Topliss-reactive ketones (excluding diaryl/α,β-unsaturated/α-hetero) is 1. The molecule has 0 spiro atoms. The van der Waals surface area contributed by atoms with E-state index < -0.39 is 5.97 Å². The summed E-state index contributed by atoms with van der Waals surface area (Å²) in [5, 5.41) is 9.56. The fraction of sp³-hybridized carbons (Fsp3) is 0.286. The van der Waals surface area contributed by atoms with Gasteiger partial charge in [-0.1, -0.05) is 18.2 Å². The highest BCUT2D eigenvalue weighted by Crippen LogP contribution is 2.31. The largest absolute Gasteiger partial charge is 0.481 e. The van der Waals surface area contributed by atoms with Crippen molar-refractivity contribution in [3.05, 3.63) is 34.7 Å². The van der Waals surface area contributed by atoms with Gasteiger partial charge in [-0.25, -0.2) is 0 Å². The van der Waals surface area contributed by atoms with Gasteiger partial charge in [-0.3, -0.25) is 9.59 Å². The number of benzene rings is 1. The third-order valence-electron chi connectivity index (χ3n) is 2.84. The number of carboxylic acids is 1. The number of rotatable bonds is 5. The minimum atomic E-state index is -0.852. The number of carboxylic acid groups (broad SMARTS) is 1. The smallest absolute Gasteiger partial charge is 0.303 e. The van der Waals surface area contributed by atoms with Crippen molar-refractivity contribution in [1.29, 1.82) is 0 Å². The topological polar surface area (TPSA) is 54.4 Å². The Morgan fingerprint density at radius 2 is 1.94 bits per heavy atom. The summed E-state index contributed by atoms with van der Waals surface area (Å²) in [7, 11) is 0. The van der Waals surface area contributed by atoms with Crippen LogP contribution in [0.5, 0.6) is 0 Å². The molecule has 1 heterocycles. The molecule has 0 saturated heterocycles. The molecule has 0 bridgehead atoms. The normalized spacial score (nSPS) is 10.7. The summed E-state index contributed by atoms with van der Waals surface area (Å²) in [6, 6.07) is 7.82. The van der Waals surface area contributed by atoms with Crippen LogP contribution in [-0.4, -0.2) is 16.9 Å². The van der Waals surface area contributed by atoms with Crippen molar-refractivity contribution in [1.82, 2.24) is 0 Å². The van der Waals surface area contributed by atoms with Crippen molar-refractivity contribution in [2.75, 3.05) is 0 Å². The monoisotopic (exact) mass is 262 g/mol. The van der Waals surface area contributed by atoms with Gasteiger partial charge in [0.2, 0.25) is 0 Å². The molecule has 4 heteroatoms. The first kappa shape index (κ1) is 12.8. The predicted octanol–water partition coefficient (Wildman–Crippen LogP) is 3.65. The van der Waals surface area contributed by atoms with Crippen LogP contribution in [0.3, 0.4) is 0 Å². The number of fused-ring (bicyclic) bond motifs is 1. The van der Waals surface area contributed by atoms with E-state index in [-0.39, 0.29) is 12.2 Å². The first-order valence-electron chi connectivity index (χ1n) is 5.82. The van der Waals surface area contributed by atoms with Crippen molar-refractivity contribution in [3.8, 4) is 0 Å². The minimum Gasteiger partial charge on any atom is -0.481 e. The van der Waals surface area contributed by atoms with E-state index in [0.717, 1.165) is 20.5 Å². The maximum atomic E-state index is 12.1. The maximum absolute atomic E-state index is 12.1. The number of aryl methyl sites for hydroxylation is 1. The van der Waals surface area contributed by atoms with E-state index >= 15 is 0 Å². The average Bonchev–Trinajstić information content (AvgIpc) is 2.64. The van der Waals surface area contributed by atoms with Gasteiger partial charge >= 0.3 is 5.97 Å². The number of thiophene rings is 1. The third-order valence-corrected chi connectivity index (χ3v) is 3.93. The lowest BCUT2D eigenvalue weighted by Gasteiger charge is -2.00. The van der Waals surface area contributed by atoms with Crippen molar-refractivity contribution in [2.24, 2.45) is 0 Å². The molecule has 2 aromatic rings. The molecule has 0 aliphatic heterocycles. The molecule has 0 fully saturated rings. The maximum Gasteiger partial charge on any atom is 0.303 e. The van der Waals surface area contributed by atoms with Crippen LogP contribution in [0.2, 0.25) is 0 Å². The van der Waals surface area contributed by atoms with Crippen LogP contribution < -0.4 is 0 Å². The van der Waals surface area contributed by atoms with Gasteiger partial charge in [0.15, 0.2) is 5.78 Å². The van der Waals surface area contributed by atoms with Crippen LogP contribution in [0, 0.1) is 6.92 Å². The highest BCUT2D eigenvalue weighted by Gasteiger charge is 2.15. The standard InChI is InChI=1S/C14H14O3S/c1-9-14(11(15)6-4-8-13(16)17)10-5-2-3-7-12(10)18-9/h2-3,5,7H,4,6,8H2,1H3,(H,16,17). The second-order valence-corrected chi connectivity index (χ2v) is 5.46. The van der Waals surface area contributed by atoms with Crippen LogP contribution in [0.15, 0.2) is 24.3 Å². The van der Waals surface area contributed by atoms with Gasteiger partial charge in [0, 0.05) is 33.4 Å². The first-order valence-corrected chi connectivity index (χ1v) is 6.64. The Hall–Kier alpha value is -1.68. The summed E-state index contributed by atoms with van der Waals surface area (Å²) in [6.45, 7) is 1.94. The van der Waals surface area contributed by atoms with E-state index in [1.54, 1.807) is 11.3 Å². The Balaban J connectivity index is 2.22. The van der Waals surface area contributed by atoms with Crippen LogP contribution in [0.4, 0.5) is 0 Å². The predicted molar refractivity (Wildman–Crippen MR) is 72.4 cm³/mol. The quantitative estimate of drug-likeness (QED) is 0.837. The molecular formula is C14H14O3S. The SMILES string of the molecule is Cc1sc2ccccc2c1C(=O)CCCC(=O)O. The van der Waals surface area contributed by atoms with E-state index in [2.05, 4.69) is 0 Å². The van der Waals surface area contributed by atoms with Gasteiger partial charge in [0.25, 0.3) is 0 Å². The number of hydrogen-bond acceptors (Lipinski definition) is 3. The van der Waals surface area contributed by atoms with Gasteiger partial charge in [-0.15, -0.1) is 11.3 Å². The lowest BCUT2D eigenvalue weighted by atomic mass is 10.0. The summed E-state index contributed by atoms with van der Waals surface area (Å²) in [4.78, 5) is 23.6. The molecule has 18 heavy (non-hydrogen) atoms. The zero-order valence-corrected chi connectivity index (χ0v) is 10.9. The fourth-order valence-corrected chi connectivity index (χ4v) is 3.12. The Bertz CT molecular complexity index is 598. The molecule has 0 unspecified atom stereocenters. The Kier molecular flexibility index (Phi) is 3.77. The molecule has 0 aliphatic rings. The molecule has 1 aromatic heterocycles. The van der Waals surface area contributed by atoms with E-state index in [0.29, 0.717) is 12.8 Å². The minimum absolute atomic E-state index is 0.0474. The number of carbonyl (C=O) groups excluding carboxylic acids is 1. The summed E-state index contributed by atoms with van der Waals surface area (Å²) >= 11 is 1.61. The second-order valence-electron chi connectivity index (χ2n) is 4.20. The Labute approximate surface area is 109 Å². The number of hydrogen-bond donors (Lipinski definition) is 1. The highest BCUT2D eigenvalue weighted by molar-refractivity contribution is 7.19. The van der Waals surface area contributed by atoms with Gasteiger partial charge in [-0.2, -0.15) is 0 Å². The summed E-state index contributed by atoms with van der Waals surface area (Å²) in [5.41, 5.74) is 0.765. The van der Waals surface area contributed by atoms with Crippen molar-refractivity contribution < 1.29 is 14.7 Å². The zero-order valence-electron chi connectivity index (χ0n) is 10.1. The molecule has 0 saturated carbocycles. The van der Waals surface area contributed by atoms with Gasteiger partial charge in [0.05, 0.1) is 0 Å². The molecule has 2 rings (SSSR count). The Morgan fingerprint density at radius 3 is 2.67 bits per heavy atom. The number of aliphatic carboxylic acids is 1. The fourth-order valence-electron chi connectivity index (χ4n) is 2.04.